The Balaban J connectivity index is 2.07. The van der Waals surface area contributed by atoms with E-state index in [1.54, 1.807) is 5.51 Å². The maximum absolute atomic E-state index is 11.7. The lowest BCUT2D eigenvalue weighted by atomic mass is 10.3. The van der Waals surface area contributed by atoms with Crippen LogP contribution >= 0.6 is 38.9 Å². The fourth-order valence-electron chi connectivity index (χ4n) is 1.12. The van der Waals surface area contributed by atoms with Crippen LogP contribution in [0.1, 0.15) is 23.3 Å². The highest BCUT2D eigenvalue weighted by Gasteiger charge is 2.43. The van der Waals surface area contributed by atoms with Gasteiger partial charge in [0.05, 0.1) is 11.0 Å². The molecular weight excluding hydrogens is 288 g/mol. The molecule has 1 aromatic heterocycles. The molecule has 1 aliphatic carbocycles. The quantitative estimate of drug-likeness (QED) is 0.870. The van der Waals surface area contributed by atoms with Crippen molar-refractivity contribution in [1.82, 2.24) is 10.3 Å². The van der Waals surface area contributed by atoms with Gasteiger partial charge in [-0.05, 0) is 28.8 Å². The smallest absolute Gasteiger partial charge is 0.272 e. The minimum absolute atomic E-state index is 0.142. The van der Waals surface area contributed by atoms with Gasteiger partial charge in [-0.2, -0.15) is 0 Å². The molecule has 1 fully saturated rings. The van der Waals surface area contributed by atoms with Crippen molar-refractivity contribution in [2.24, 2.45) is 0 Å². The highest BCUT2D eigenvalue weighted by atomic mass is 79.9. The topological polar surface area (TPSA) is 42.0 Å². The molecule has 1 N–H and O–H groups in total. The molecule has 0 radical (unpaired) electrons. The second-order valence-electron chi connectivity index (χ2n) is 3.34. The minimum Gasteiger partial charge on any atom is -0.344 e. The molecule has 0 spiro atoms. The van der Waals surface area contributed by atoms with Gasteiger partial charge in [0, 0.05) is 5.88 Å². The van der Waals surface area contributed by atoms with Gasteiger partial charge in [-0.25, -0.2) is 4.98 Å². The Labute approximate surface area is 99.0 Å². The Morgan fingerprint density at radius 1 is 1.79 bits per heavy atom. The van der Waals surface area contributed by atoms with E-state index in [1.807, 2.05) is 0 Å². The molecule has 1 aliphatic rings. The maximum atomic E-state index is 11.7. The Morgan fingerprint density at radius 2 is 2.50 bits per heavy atom. The van der Waals surface area contributed by atoms with E-state index in [0.717, 1.165) is 16.6 Å². The van der Waals surface area contributed by atoms with Crippen LogP contribution in [0.25, 0.3) is 0 Å². The lowest BCUT2D eigenvalue weighted by Gasteiger charge is -2.12. The van der Waals surface area contributed by atoms with Crippen molar-refractivity contribution in [2.45, 2.75) is 18.4 Å². The van der Waals surface area contributed by atoms with E-state index < -0.39 is 0 Å². The number of nitrogens with one attached hydrogen (secondary N) is 1. The van der Waals surface area contributed by atoms with Gasteiger partial charge < -0.3 is 5.32 Å². The van der Waals surface area contributed by atoms with E-state index >= 15 is 0 Å². The Hall–Kier alpha value is -0.130. The van der Waals surface area contributed by atoms with Gasteiger partial charge in [0.2, 0.25) is 0 Å². The summed E-state index contributed by atoms with van der Waals surface area (Å²) in [4.78, 5) is 15.7. The lowest BCUT2D eigenvalue weighted by molar-refractivity contribution is 0.0931. The molecule has 3 nitrogen and oxygen atoms in total. The minimum atomic E-state index is -0.165. The van der Waals surface area contributed by atoms with Crippen LogP contribution in [0, 0.1) is 0 Å². The number of amides is 1. The molecule has 0 saturated heterocycles. The molecule has 0 aromatic carbocycles. The fraction of sp³-hybridized carbons (Fsp3) is 0.500. The van der Waals surface area contributed by atoms with E-state index in [4.69, 9.17) is 11.6 Å². The maximum Gasteiger partial charge on any atom is 0.272 e. The third-order valence-corrected chi connectivity index (χ3v) is 4.29. The fourth-order valence-corrected chi connectivity index (χ4v) is 2.50. The number of carbonyl (C=O) groups is 1. The first-order valence-electron chi connectivity index (χ1n) is 4.14. The molecule has 0 aliphatic heterocycles. The number of nitrogens with zero attached hydrogens (tertiary/aromatic N) is 1. The molecule has 1 saturated carbocycles. The van der Waals surface area contributed by atoms with E-state index in [2.05, 4.69) is 26.2 Å². The van der Waals surface area contributed by atoms with Crippen LogP contribution in [0.3, 0.4) is 0 Å². The van der Waals surface area contributed by atoms with Crippen molar-refractivity contribution in [3.8, 4) is 0 Å². The summed E-state index contributed by atoms with van der Waals surface area (Å²) in [5.74, 6) is 0.330. The molecule has 0 atom stereocenters. The molecule has 2 rings (SSSR count). The lowest BCUT2D eigenvalue weighted by Crippen LogP contribution is -2.38. The molecule has 1 aromatic rings. The van der Waals surface area contributed by atoms with Gasteiger partial charge in [-0.3, -0.25) is 4.79 Å². The van der Waals surface area contributed by atoms with E-state index in [9.17, 15) is 4.79 Å². The van der Waals surface area contributed by atoms with Crippen LogP contribution in [0.4, 0.5) is 0 Å². The van der Waals surface area contributed by atoms with Crippen LogP contribution in [-0.4, -0.2) is 22.3 Å². The van der Waals surface area contributed by atoms with Gasteiger partial charge >= 0.3 is 0 Å². The average molecular weight is 296 g/mol. The molecule has 0 unspecified atom stereocenters. The predicted molar refractivity (Wildman–Crippen MR) is 60.0 cm³/mol. The second-order valence-corrected chi connectivity index (χ2v) is 5.78. The van der Waals surface area contributed by atoms with Gasteiger partial charge in [0.25, 0.3) is 5.91 Å². The van der Waals surface area contributed by atoms with E-state index in [-0.39, 0.29) is 11.4 Å². The summed E-state index contributed by atoms with van der Waals surface area (Å²) < 4.78 is 0.764. The zero-order valence-electron chi connectivity index (χ0n) is 7.22. The molecule has 1 amide bonds. The number of halogens is 2. The van der Waals surface area contributed by atoms with Crippen molar-refractivity contribution in [1.29, 1.82) is 0 Å². The van der Waals surface area contributed by atoms with Crippen molar-refractivity contribution in [2.75, 3.05) is 5.88 Å². The number of hydrogen-bond donors (Lipinski definition) is 1. The Bertz CT molecular complexity index is 364. The van der Waals surface area contributed by atoms with E-state index in [1.165, 1.54) is 11.3 Å². The van der Waals surface area contributed by atoms with Crippen LogP contribution in [0.2, 0.25) is 0 Å². The Kier molecular flexibility index (Phi) is 2.81. The second kappa shape index (κ2) is 3.79. The molecule has 1 heterocycles. The molecule has 76 valence electrons. The first kappa shape index (κ1) is 10.4. The zero-order chi connectivity index (χ0) is 10.2. The van der Waals surface area contributed by atoms with Crippen molar-refractivity contribution >= 4 is 44.8 Å². The van der Waals surface area contributed by atoms with Crippen LogP contribution in [0.15, 0.2) is 9.30 Å². The van der Waals surface area contributed by atoms with Gasteiger partial charge in [-0.15, -0.1) is 22.9 Å². The van der Waals surface area contributed by atoms with Gasteiger partial charge in [0.1, 0.15) is 3.79 Å². The zero-order valence-corrected chi connectivity index (χ0v) is 10.4. The summed E-state index contributed by atoms with van der Waals surface area (Å²) in [7, 11) is 0. The van der Waals surface area contributed by atoms with Crippen LogP contribution < -0.4 is 5.32 Å². The number of aromatic nitrogens is 1. The van der Waals surface area contributed by atoms with Crippen LogP contribution in [-0.2, 0) is 0 Å². The summed E-state index contributed by atoms with van der Waals surface area (Å²) in [6.07, 6.45) is 1.92. The molecular formula is C8H8BrClN2OS. The van der Waals surface area contributed by atoms with Crippen molar-refractivity contribution in [3.05, 3.63) is 15.0 Å². The summed E-state index contributed by atoms with van der Waals surface area (Å²) in [6.45, 7) is 0. The van der Waals surface area contributed by atoms with Crippen LogP contribution in [0.5, 0.6) is 0 Å². The SMILES string of the molecule is O=C(NC1(CCl)CC1)c1ncsc1Br. The number of thiazole rings is 1. The number of carbonyl (C=O) groups excluding carboxylic acids is 1. The van der Waals surface area contributed by atoms with E-state index in [0.29, 0.717) is 11.6 Å². The molecule has 0 bridgehead atoms. The predicted octanol–water partition coefficient (Wildman–Crippen LogP) is 2.41. The van der Waals surface area contributed by atoms with Crippen molar-refractivity contribution in [3.63, 3.8) is 0 Å². The summed E-state index contributed by atoms with van der Waals surface area (Å²) in [5.41, 5.74) is 1.92. The summed E-state index contributed by atoms with van der Waals surface area (Å²) in [5, 5.41) is 2.90. The third-order valence-electron chi connectivity index (χ3n) is 2.23. The molecule has 14 heavy (non-hydrogen) atoms. The number of alkyl halides is 1. The molecule has 6 heteroatoms. The third kappa shape index (κ3) is 1.94. The first-order valence-corrected chi connectivity index (χ1v) is 6.35. The average Bonchev–Trinajstić information content (AvgIpc) is 2.80. The largest absolute Gasteiger partial charge is 0.344 e. The number of rotatable bonds is 3. The highest BCUT2D eigenvalue weighted by Crippen LogP contribution is 2.36. The normalized spacial score (nSPS) is 17.9. The van der Waals surface area contributed by atoms with Crippen molar-refractivity contribution < 1.29 is 4.79 Å². The summed E-state index contributed by atoms with van der Waals surface area (Å²) in [6, 6.07) is 0. The highest BCUT2D eigenvalue weighted by molar-refractivity contribution is 9.11. The Morgan fingerprint density at radius 3 is 2.93 bits per heavy atom. The monoisotopic (exact) mass is 294 g/mol. The number of hydrogen-bond acceptors (Lipinski definition) is 3. The van der Waals surface area contributed by atoms with Gasteiger partial charge in [-0.1, -0.05) is 0 Å². The van der Waals surface area contributed by atoms with Gasteiger partial charge in [0.15, 0.2) is 5.69 Å². The standard InChI is InChI=1S/C8H8BrClN2OS/c9-6-5(11-4-14-6)7(13)12-8(3-10)1-2-8/h4H,1-3H2,(H,12,13). The summed E-state index contributed by atoms with van der Waals surface area (Å²) >= 11 is 10.4. The first-order chi connectivity index (χ1) is 6.67.